The van der Waals surface area contributed by atoms with Crippen LogP contribution < -0.4 is 0 Å². The van der Waals surface area contributed by atoms with Crippen LogP contribution in [-0.2, 0) is 6.42 Å². The van der Waals surface area contributed by atoms with Gasteiger partial charge in [0.15, 0.2) is 0 Å². The summed E-state index contributed by atoms with van der Waals surface area (Å²) in [5.74, 6) is 0. The van der Waals surface area contributed by atoms with Crippen molar-refractivity contribution in [2.24, 2.45) is 0 Å². The Morgan fingerprint density at radius 2 is 1.40 bits per heavy atom. The van der Waals surface area contributed by atoms with Crippen molar-refractivity contribution in [2.75, 3.05) is 0 Å². The van der Waals surface area contributed by atoms with E-state index in [0.717, 1.165) is 6.42 Å². The number of aryl methyl sites for hydroxylation is 2. The van der Waals surface area contributed by atoms with E-state index in [-0.39, 0.29) is 0 Å². The van der Waals surface area contributed by atoms with Gasteiger partial charge in [0.25, 0.3) is 0 Å². The van der Waals surface area contributed by atoms with E-state index in [0.29, 0.717) is 0 Å². The van der Waals surface area contributed by atoms with Gasteiger partial charge in [-0.1, -0.05) is 55.5 Å². The lowest BCUT2D eigenvalue weighted by molar-refractivity contribution is 1.14. The predicted molar refractivity (Wildman–Crippen MR) is 66.0 cm³/mol. The van der Waals surface area contributed by atoms with Gasteiger partial charge in [0.1, 0.15) is 0 Å². The first-order valence-corrected chi connectivity index (χ1v) is 5.47. The second kappa shape index (κ2) is 4.31. The molecule has 0 heterocycles. The third kappa shape index (κ3) is 1.94. The number of hydrogen-bond donors (Lipinski definition) is 0. The van der Waals surface area contributed by atoms with Crippen molar-refractivity contribution in [1.29, 1.82) is 0 Å². The highest BCUT2D eigenvalue weighted by Crippen LogP contribution is 2.26. The topological polar surface area (TPSA) is 0 Å². The van der Waals surface area contributed by atoms with Gasteiger partial charge >= 0.3 is 0 Å². The second-order valence-corrected chi connectivity index (χ2v) is 3.83. The summed E-state index contributed by atoms with van der Waals surface area (Å²) in [4.78, 5) is 0. The zero-order chi connectivity index (χ0) is 10.7. The van der Waals surface area contributed by atoms with E-state index >= 15 is 0 Å². The Kier molecular flexibility index (Phi) is 2.86. The molecule has 15 heavy (non-hydrogen) atoms. The number of rotatable bonds is 2. The molecular formula is C15H16. The quantitative estimate of drug-likeness (QED) is 0.674. The van der Waals surface area contributed by atoms with Gasteiger partial charge in [-0.05, 0) is 35.6 Å². The smallest absolute Gasteiger partial charge is 0.0149 e. The molecule has 0 bridgehead atoms. The summed E-state index contributed by atoms with van der Waals surface area (Å²) in [6, 6.07) is 17.2. The van der Waals surface area contributed by atoms with Crippen LogP contribution in [0.5, 0.6) is 0 Å². The predicted octanol–water partition coefficient (Wildman–Crippen LogP) is 4.22. The van der Waals surface area contributed by atoms with E-state index in [9.17, 15) is 0 Å². The van der Waals surface area contributed by atoms with E-state index in [1.165, 1.54) is 22.3 Å². The Balaban J connectivity index is 2.59. The fraction of sp³-hybridized carbons (Fsp3) is 0.200. The molecule has 0 unspecified atom stereocenters. The summed E-state index contributed by atoms with van der Waals surface area (Å²) in [6.45, 7) is 4.37. The molecule has 0 nitrogen and oxygen atoms in total. The highest BCUT2D eigenvalue weighted by atomic mass is 14.1. The van der Waals surface area contributed by atoms with E-state index in [2.05, 4.69) is 62.4 Å². The van der Waals surface area contributed by atoms with Crippen molar-refractivity contribution in [3.05, 3.63) is 59.7 Å². The summed E-state index contributed by atoms with van der Waals surface area (Å²) in [5, 5.41) is 0. The van der Waals surface area contributed by atoms with Gasteiger partial charge in [0, 0.05) is 0 Å². The lowest BCUT2D eigenvalue weighted by atomic mass is 9.95. The number of benzene rings is 2. The summed E-state index contributed by atoms with van der Waals surface area (Å²) in [5.41, 5.74) is 5.50. The molecule has 0 spiro atoms. The minimum Gasteiger partial charge on any atom is -0.0620 e. The van der Waals surface area contributed by atoms with Gasteiger partial charge in [0.2, 0.25) is 0 Å². The van der Waals surface area contributed by atoms with Gasteiger partial charge < -0.3 is 0 Å². The molecular weight excluding hydrogens is 180 g/mol. The van der Waals surface area contributed by atoms with Crippen LogP contribution in [0.4, 0.5) is 0 Å². The Morgan fingerprint density at radius 3 is 2.07 bits per heavy atom. The maximum absolute atomic E-state index is 2.21. The minimum absolute atomic E-state index is 1.09. The van der Waals surface area contributed by atoms with Crippen LogP contribution in [0.2, 0.25) is 0 Å². The first kappa shape index (κ1) is 9.97. The second-order valence-electron chi connectivity index (χ2n) is 3.83. The first-order valence-electron chi connectivity index (χ1n) is 5.47. The third-order valence-corrected chi connectivity index (χ3v) is 2.83. The van der Waals surface area contributed by atoms with Crippen LogP contribution in [0.25, 0.3) is 11.1 Å². The van der Waals surface area contributed by atoms with Gasteiger partial charge in [-0.15, -0.1) is 0 Å². The fourth-order valence-electron chi connectivity index (χ4n) is 1.97. The molecule has 0 heteroatoms. The Bertz CT molecular complexity index is 455. The van der Waals surface area contributed by atoms with Crippen molar-refractivity contribution in [2.45, 2.75) is 20.3 Å². The molecule has 76 valence electrons. The molecule has 0 N–H and O–H groups in total. The van der Waals surface area contributed by atoms with Crippen molar-refractivity contribution in [3.8, 4) is 11.1 Å². The van der Waals surface area contributed by atoms with Gasteiger partial charge in [0.05, 0.1) is 0 Å². The van der Waals surface area contributed by atoms with Crippen molar-refractivity contribution < 1.29 is 0 Å². The highest BCUT2D eigenvalue weighted by Gasteiger charge is 2.04. The zero-order valence-electron chi connectivity index (χ0n) is 9.33. The molecule has 2 aromatic carbocycles. The molecule has 2 aromatic rings. The summed E-state index contributed by atoms with van der Waals surface area (Å²) in [6.07, 6.45) is 1.09. The average Bonchev–Trinajstić information content (AvgIpc) is 2.30. The van der Waals surface area contributed by atoms with E-state index < -0.39 is 0 Å². The van der Waals surface area contributed by atoms with Crippen LogP contribution >= 0.6 is 0 Å². The van der Waals surface area contributed by atoms with Gasteiger partial charge in [-0.3, -0.25) is 0 Å². The molecule has 0 aliphatic rings. The first-order chi connectivity index (χ1) is 7.33. The van der Waals surface area contributed by atoms with Crippen molar-refractivity contribution in [3.63, 3.8) is 0 Å². The molecule has 2 rings (SSSR count). The van der Waals surface area contributed by atoms with Crippen LogP contribution in [0, 0.1) is 6.92 Å². The van der Waals surface area contributed by atoms with E-state index in [4.69, 9.17) is 0 Å². The molecule has 0 aromatic heterocycles. The molecule has 0 aliphatic heterocycles. The molecule has 0 atom stereocenters. The molecule has 0 saturated carbocycles. The molecule has 0 radical (unpaired) electrons. The highest BCUT2D eigenvalue weighted by molar-refractivity contribution is 5.70. The molecule has 0 saturated heterocycles. The molecule has 0 amide bonds. The standard InChI is InChI=1S/C15H16/c1-3-13-9-5-7-11-15(13)14-10-6-4-8-12(14)2/h4-11H,3H2,1-2H3. The van der Waals surface area contributed by atoms with Crippen LogP contribution in [0.3, 0.4) is 0 Å². The fourth-order valence-corrected chi connectivity index (χ4v) is 1.97. The lowest BCUT2D eigenvalue weighted by Gasteiger charge is -2.10. The average molecular weight is 196 g/mol. The Labute approximate surface area is 91.6 Å². The van der Waals surface area contributed by atoms with Crippen LogP contribution in [0.15, 0.2) is 48.5 Å². The molecule has 0 fully saturated rings. The van der Waals surface area contributed by atoms with Gasteiger partial charge in [-0.25, -0.2) is 0 Å². The third-order valence-electron chi connectivity index (χ3n) is 2.83. The van der Waals surface area contributed by atoms with Crippen molar-refractivity contribution >= 4 is 0 Å². The number of hydrogen-bond acceptors (Lipinski definition) is 0. The van der Waals surface area contributed by atoms with E-state index in [1.54, 1.807) is 0 Å². The largest absolute Gasteiger partial charge is 0.0620 e. The zero-order valence-corrected chi connectivity index (χ0v) is 9.33. The monoisotopic (exact) mass is 196 g/mol. The van der Waals surface area contributed by atoms with E-state index in [1.807, 2.05) is 0 Å². The van der Waals surface area contributed by atoms with Crippen LogP contribution in [-0.4, -0.2) is 0 Å². The normalized spacial score (nSPS) is 10.3. The summed E-state index contributed by atoms with van der Waals surface area (Å²) in [7, 11) is 0. The van der Waals surface area contributed by atoms with Crippen LogP contribution in [0.1, 0.15) is 18.1 Å². The van der Waals surface area contributed by atoms with Crippen molar-refractivity contribution in [1.82, 2.24) is 0 Å². The lowest BCUT2D eigenvalue weighted by Crippen LogP contribution is -1.89. The molecule has 0 aliphatic carbocycles. The summed E-state index contributed by atoms with van der Waals surface area (Å²) < 4.78 is 0. The summed E-state index contributed by atoms with van der Waals surface area (Å²) >= 11 is 0. The Morgan fingerprint density at radius 1 is 0.800 bits per heavy atom. The minimum atomic E-state index is 1.09. The SMILES string of the molecule is CCc1ccccc1-c1ccccc1C. The Hall–Kier alpha value is -1.56. The maximum Gasteiger partial charge on any atom is -0.0149 e. The maximum atomic E-state index is 2.21. The van der Waals surface area contributed by atoms with Gasteiger partial charge in [-0.2, -0.15) is 0 Å².